The standard InChI is InChI=1S/C28H26N6O3.C21H17ClF3N5O2.C20H18N6O2.C19H15FN4O2.C18H20FN5O/c1-3-25(35)31-21-10-7-11-22(16-21)32-26-24(18-30-28(34-26)33-20-8-5-4-6-9-20)27(36)29-17-19-12-14-23(37-2)15-13-19;1-3-18(31)29-17-10-13(7-8-16(17)22)27-19-15(21(23,24)25)11-26-20(30-19)28-12-5-4-6-14(9-12)32-2;1-2-17(27)23-14-9-6-10-15(11-14)24-19-16(18(21)28)12-22-20(26-19)25-13-7-4-3-5-8-13;1-2-17(25)22-14-9-6-10-15(11-14)26-18-16(20)12-21-19(24-18)23-13-7-4-3-5-8-13;1-2-16(25)24-10-8-14(9-11-24)21-17-15(19)12-20-18(23-17)22-13-6-4-3-5-7-13/h3-16,18H,1,17H2,2H3,(H,29,36)(H,31,35)(H2,30,32,33,34);3-11H,1H2,2H3,(H,29,31)(H2,26,27,28,30);2-12H,1H2,(H2,21,28)(H,23,27)(H2,22,24,25,26);2-12H,1H2,(H,22,25)(H,21,23,24);2-7,12,14H,1,8-11H2,(H2,20,21,22,23). The van der Waals surface area contributed by atoms with Gasteiger partial charge in [-0.1, -0.05) is 154 Å². The number of para-hydroxylation sites is 4. The number of carbonyl (C=O) groups excluding carboxylic acids is 7. The van der Waals surface area contributed by atoms with E-state index in [0.29, 0.717) is 95.1 Å². The summed E-state index contributed by atoms with van der Waals surface area (Å²) < 4.78 is 84.4. The molecule has 1 saturated heterocycles. The molecule has 7 amide bonds. The lowest BCUT2D eigenvalue weighted by molar-refractivity contribution is -0.137. The third-order valence-corrected chi connectivity index (χ3v) is 20.7. The molecule has 1 fully saturated rings. The normalized spacial score (nSPS) is 11.1. The second-order valence-electron chi connectivity index (χ2n) is 30.9. The molecular weight excluding hydrogens is 1930 g/mol. The summed E-state index contributed by atoms with van der Waals surface area (Å²) in [5.41, 5.74) is 12.7. The number of rotatable bonds is 35. The quantitative estimate of drug-likeness (QED) is 0.0130. The molecule has 0 unspecified atom stereocenters. The Morgan fingerprint density at radius 2 is 0.784 bits per heavy atom. The molecule has 16 N–H and O–H groups in total. The maximum Gasteiger partial charge on any atom is 0.421 e. The number of ether oxygens (including phenoxy) is 3. The molecule has 148 heavy (non-hydrogen) atoms. The minimum absolute atomic E-state index is 0.0582. The van der Waals surface area contributed by atoms with E-state index in [4.69, 9.17) is 31.5 Å². The van der Waals surface area contributed by atoms with E-state index >= 15 is 0 Å². The fourth-order valence-corrected chi connectivity index (χ4v) is 13.3. The fraction of sp³-hybridized carbons (Fsp3) is 0.0849. The number of likely N-dealkylation sites (tertiary alicyclic amines) is 1. The Morgan fingerprint density at radius 1 is 0.399 bits per heavy atom. The van der Waals surface area contributed by atoms with Gasteiger partial charge in [0.25, 0.3) is 17.7 Å². The average molecular weight is 2020 g/mol. The molecule has 16 rings (SSSR count). The molecule has 6 heterocycles. The van der Waals surface area contributed by atoms with Crippen LogP contribution in [0.25, 0.3) is 0 Å². The van der Waals surface area contributed by atoms with Crippen molar-refractivity contribution in [3.8, 4) is 23.1 Å². The molecule has 0 atom stereocenters. The first-order chi connectivity index (χ1) is 71.6. The Kier molecular flexibility index (Phi) is 38.8. The summed E-state index contributed by atoms with van der Waals surface area (Å²) in [4.78, 5) is 126. The van der Waals surface area contributed by atoms with E-state index < -0.39 is 41.0 Å². The SMILES string of the molecule is C=CC(=O)N1CCC(Nc2nc(Nc3ccccc3)ncc2F)CC1.C=CC(=O)Nc1cc(Nc2nc(Nc3cccc(OC)c3)ncc2C(F)(F)F)ccc1Cl.C=CC(=O)Nc1cccc(Nc2nc(Nc3ccccc3)ncc2C(=O)NCc2ccc(OC)cc2)c1.C=CC(=O)Nc1cccc(Nc2nc(Nc3ccccc3)ncc2C(N)=O)c1.C=CC(=O)Nc1cccc(Oc2nc(Nc3ccccc3)ncc2F)c1. The second-order valence-corrected chi connectivity index (χ2v) is 31.3. The van der Waals surface area contributed by atoms with Crippen molar-refractivity contribution in [3.63, 3.8) is 0 Å². The van der Waals surface area contributed by atoms with Crippen LogP contribution in [-0.2, 0) is 36.7 Å². The molecule has 15 aromatic rings. The Morgan fingerprint density at radius 3 is 1.26 bits per heavy atom. The largest absolute Gasteiger partial charge is 0.497 e. The van der Waals surface area contributed by atoms with E-state index in [1.165, 1.54) is 55.9 Å². The highest BCUT2D eigenvalue weighted by Gasteiger charge is 2.36. The van der Waals surface area contributed by atoms with Gasteiger partial charge in [0.15, 0.2) is 11.6 Å². The first kappa shape index (κ1) is 107. The third kappa shape index (κ3) is 33.4. The Labute approximate surface area is 850 Å². The summed E-state index contributed by atoms with van der Waals surface area (Å²) in [7, 11) is 3.10. The fourth-order valence-electron chi connectivity index (χ4n) is 13.2. The Bertz CT molecular complexity index is 7200. The van der Waals surface area contributed by atoms with Gasteiger partial charge in [-0.25, -0.2) is 29.3 Å². The van der Waals surface area contributed by atoms with Crippen LogP contribution in [0, 0.1) is 11.6 Å². The molecule has 0 aliphatic carbocycles. The zero-order chi connectivity index (χ0) is 105. The number of alkyl halides is 3. The number of carbonyl (C=O) groups is 7. The number of methoxy groups -OCH3 is 2. The highest BCUT2D eigenvalue weighted by atomic mass is 35.5. The highest BCUT2D eigenvalue weighted by Crippen LogP contribution is 2.38. The first-order valence-electron chi connectivity index (χ1n) is 44.7. The summed E-state index contributed by atoms with van der Waals surface area (Å²) >= 11 is 6.04. The van der Waals surface area contributed by atoms with Gasteiger partial charge < -0.3 is 99.3 Å². The molecule has 0 spiro atoms. The van der Waals surface area contributed by atoms with Crippen molar-refractivity contribution >= 4 is 174 Å². The number of primary amides is 1. The van der Waals surface area contributed by atoms with Crippen molar-refractivity contribution in [1.82, 2.24) is 60.1 Å². The predicted molar refractivity (Wildman–Crippen MR) is 562 cm³/mol. The molecular formula is C106H96ClF5N26O10. The third-order valence-electron chi connectivity index (χ3n) is 20.3. The van der Waals surface area contributed by atoms with Gasteiger partial charge in [-0.3, -0.25) is 33.6 Å². The van der Waals surface area contributed by atoms with Gasteiger partial charge in [0, 0.05) is 119 Å². The number of benzene rings is 10. The van der Waals surface area contributed by atoms with E-state index in [1.54, 1.807) is 109 Å². The molecule has 5 aromatic heterocycles. The molecule has 10 aromatic carbocycles. The van der Waals surface area contributed by atoms with Gasteiger partial charge in [0.1, 0.15) is 51.4 Å². The smallest absolute Gasteiger partial charge is 0.421 e. The minimum atomic E-state index is -4.71. The van der Waals surface area contributed by atoms with Crippen LogP contribution in [0.4, 0.5) is 143 Å². The Hall–Kier alpha value is -19.9. The zero-order valence-corrected chi connectivity index (χ0v) is 79.9. The summed E-state index contributed by atoms with van der Waals surface area (Å²) in [6, 6.07) is 76.5. The number of nitrogens with zero attached hydrogens (tertiary/aromatic N) is 11. The lowest BCUT2D eigenvalue weighted by Gasteiger charge is -2.32. The summed E-state index contributed by atoms with van der Waals surface area (Å²) in [5, 5.41) is 40.6. The van der Waals surface area contributed by atoms with Gasteiger partial charge in [0.2, 0.25) is 65.1 Å². The van der Waals surface area contributed by atoms with E-state index in [-0.39, 0.29) is 92.5 Å². The maximum absolute atomic E-state index is 14.0. The lowest BCUT2D eigenvalue weighted by atomic mass is 10.0. The van der Waals surface area contributed by atoms with Crippen LogP contribution in [-0.4, -0.2) is 129 Å². The summed E-state index contributed by atoms with van der Waals surface area (Å²) in [5.74, 6) is -1.13. The molecule has 42 heteroatoms. The maximum atomic E-state index is 14.0. The number of halogens is 6. The van der Waals surface area contributed by atoms with E-state index in [2.05, 4.69) is 157 Å². The highest BCUT2D eigenvalue weighted by molar-refractivity contribution is 6.34. The number of hydrogen-bond donors (Lipinski definition) is 15. The molecule has 1 aliphatic heterocycles. The lowest BCUT2D eigenvalue weighted by Crippen LogP contribution is -2.41. The topological polar surface area (TPSA) is 474 Å². The number of aromatic nitrogens is 10. The average Bonchev–Trinajstić information content (AvgIpc) is 0.787. The molecule has 36 nitrogen and oxygen atoms in total. The van der Waals surface area contributed by atoms with Crippen molar-refractivity contribution in [1.29, 1.82) is 0 Å². The number of piperidine rings is 1. The van der Waals surface area contributed by atoms with Crippen molar-refractivity contribution in [2.75, 3.05) is 96.4 Å². The number of nitrogens with two attached hydrogens (primary N) is 1. The van der Waals surface area contributed by atoms with E-state index in [9.17, 15) is 55.5 Å². The first-order valence-corrected chi connectivity index (χ1v) is 45.1. The number of anilines is 21. The van der Waals surface area contributed by atoms with Crippen molar-refractivity contribution in [2.45, 2.75) is 31.6 Å². The summed E-state index contributed by atoms with van der Waals surface area (Å²) in [6.45, 7) is 18.7. The summed E-state index contributed by atoms with van der Waals surface area (Å²) in [6.07, 6.45) is 8.30. The van der Waals surface area contributed by atoms with E-state index in [1.807, 2.05) is 146 Å². The predicted octanol–water partition coefficient (Wildman–Crippen LogP) is 21.2. The number of hydrogen-bond acceptors (Lipinski definition) is 29. The molecule has 0 radical (unpaired) electrons. The minimum Gasteiger partial charge on any atom is -0.497 e. The monoisotopic (exact) mass is 2020 g/mol. The second kappa shape index (κ2) is 53.7. The molecule has 0 bridgehead atoms. The van der Waals surface area contributed by atoms with Gasteiger partial charge in [-0.15, -0.1) is 0 Å². The number of nitrogens with one attached hydrogen (secondary N) is 14. The molecule has 1 aliphatic rings. The molecule has 0 saturated carbocycles. The zero-order valence-electron chi connectivity index (χ0n) is 79.1. The van der Waals surface area contributed by atoms with Gasteiger partial charge in [-0.05, 0) is 188 Å². The molecule has 752 valence electrons. The van der Waals surface area contributed by atoms with Crippen LogP contribution in [0.5, 0.6) is 23.1 Å². The van der Waals surface area contributed by atoms with Crippen molar-refractivity contribution in [2.24, 2.45) is 5.73 Å². The van der Waals surface area contributed by atoms with Crippen LogP contribution in [0.1, 0.15) is 44.7 Å². The number of amides is 7. The van der Waals surface area contributed by atoms with Crippen LogP contribution >= 0.6 is 11.6 Å². The van der Waals surface area contributed by atoms with Crippen LogP contribution in [0.2, 0.25) is 5.02 Å². The van der Waals surface area contributed by atoms with E-state index in [0.717, 1.165) is 71.4 Å². The Balaban J connectivity index is 0.000000165. The van der Waals surface area contributed by atoms with Gasteiger partial charge >= 0.3 is 6.18 Å². The van der Waals surface area contributed by atoms with Crippen molar-refractivity contribution in [3.05, 3.63) is 394 Å². The van der Waals surface area contributed by atoms with Crippen LogP contribution in [0.15, 0.2) is 355 Å². The van der Waals surface area contributed by atoms with Gasteiger partial charge in [-0.2, -0.15) is 42.5 Å². The van der Waals surface area contributed by atoms with Gasteiger partial charge in [0.05, 0.1) is 37.3 Å². The van der Waals surface area contributed by atoms with Crippen LogP contribution < -0.4 is 94.4 Å². The van der Waals surface area contributed by atoms with Crippen LogP contribution in [0.3, 0.4) is 0 Å². The van der Waals surface area contributed by atoms with Crippen molar-refractivity contribution < 1.29 is 69.7 Å².